The molecule has 0 radical (unpaired) electrons. The molecule has 0 spiro atoms. The number of nitrogens with one attached hydrogen (secondary N) is 1. The van der Waals surface area contributed by atoms with Crippen LogP contribution in [0.25, 0.3) is 16.8 Å². The molecule has 3 heterocycles. The molecule has 3 aromatic heterocycles. The number of pyridine rings is 1. The molecule has 1 aromatic carbocycles. The molecule has 0 bridgehead atoms. The maximum atomic E-state index is 13.8. The Bertz CT molecular complexity index is 1210. The van der Waals surface area contributed by atoms with Crippen LogP contribution in [0, 0.1) is 19.7 Å². The molecule has 0 saturated carbocycles. The first-order valence-electron chi connectivity index (χ1n) is 8.93. The molecule has 0 aliphatic carbocycles. The van der Waals surface area contributed by atoms with E-state index in [9.17, 15) is 9.18 Å². The van der Waals surface area contributed by atoms with Crippen LogP contribution in [0.3, 0.4) is 0 Å². The molecule has 148 valence electrons. The van der Waals surface area contributed by atoms with Gasteiger partial charge in [0.2, 0.25) is 11.9 Å². The van der Waals surface area contributed by atoms with Crippen molar-refractivity contribution >= 4 is 17.5 Å². The number of anilines is 1. The summed E-state index contributed by atoms with van der Waals surface area (Å²) in [6, 6.07) is 9.92. The van der Waals surface area contributed by atoms with E-state index in [2.05, 4.69) is 20.5 Å². The Hall–Kier alpha value is -3.75. The number of benzene rings is 1. The minimum absolute atomic E-state index is 0.0730. The molecule has 8 nitrogen and oxygen atoms in total. The van der Waals surface area contributed by atoms with E-state index < -0.39 is 5.82 Å². The summed E-state index contributed by atoms with van der Waals surface area (Å²) in [6.07, 6.45) is 1.72. The van der Waals surface area contributed by atoms with Crippen LogP contribution < -0.4 is 10.1 Å². The van der Waals surface area contributed by atoms with Crippen LogP contribution in [0.4, 0.5) is 10.3 Å². The van der Waals surface area contributed by atoms with Crippen LogP contribution in [0.1, 0.15) is 11.4 Å². The highest BCUT2D eigenvalue weighted by atomic mass is 19.1. The molecule has 0 aliphatic rings. The summed E-state index contributed by atoms with van der Waals surface area (Å²) in [7, 11) is 1.49. The number of carbonyl (C=O) groups excluding carboxylic acids is 1. The second kappa shape index (κ2) is 7.34. The standard InChI is InChI=1S/C20H19FN6O2/c1-12-6-13(2)26(24-12)11-19(28)23-20-22-18-5-4-14(10-27(18)25-20)15-7-16(21)9-17(8-15)29-3/h4-10H,11H2,1-3H3,(H,23,25,28). The van der Waals surface area contributed by atoms with Gasteiger partial charge in [0.05, 0.1) is 12.8 Å². The zero-order valence-electron chi connectivity index (χ0n) is 16.2. The average Bonchev–Trinajstić information content (AvgIpc) is 3.21. The third-order valence-electron chi connectivity index (χ3n) is 4.42. The first-order chi connectivity index (χ1) is 13.9. The number of aryl methyl sites for hydroxylation is 2. The van der Waals surface area contributed by atoms with E-state index in [-0.39, 0.29) is 18.4 Å². The Morgan fingerprint density at radius 1 is 1.14 bits per heavy atom. The number of amides is 1. The Morgan fingerprint density at radius 3 is 2.69 bits per heavy atom. The lowest BCUT2D eigenvalue weighted by molar-refractivity contribution is -0.117. The topological polar surface area (TPSA) is 86.3 Å². The number of hydrogen-bond acceptors (Lipinski definition) is 5. The summed E-state index contributed by atoms with van der Waals surface area (Å²) in [5, 5.41) is 11.2. The summed E-state index contributed by atoms with van der Waals surface area (Å²) in [5.74, 6) is -0.0568. The van der Waals surface area contributed by atoms with Crippen LogP contribution in [0.15, 0.2) is 42.6 Å². The summed E-state index contributed by atoms with van der Waals surface area (Å²) < 4.78 is 22.1. The zero-order chi connectivity index (χ0) is 20.5. The van der Waals surface area contributed by atoms with Crippen molar-refractivity contribution in [3.05, 3.63) is 59.8 Å². The van der Waals surface area contributed by atoms with Crippen LogP contribution in [0.5, 0.6) is 5.75 Å². The molecule has 1 amide bonds. The number of rotatable bonds is 5. The number of ether oxygens (including phenoxy) is 1. The predicted octanol–water partition coefficient (Wildman–Crippen LogP) is 3.00. The third kappa shape index (κ3) is 3.93. The molecule has 4 rings (SSSR count). The van der Waals surface area contributed by atoms with Gasteiger partial charge in [-0.3, -0.25) is 14.8 Å². The van der Waals surface area contributed by atoms with Gasteiger partial charge in [-0.2, -0.15) is 10.1 Å². The SMILES string of the molecule is COc1cc(F)cc(-c2ccc3nc(NC(=O)Cn4nc(C)cc4C)nn3c2)c1. The highest BCUT2D eigenvalue weighted by Gasteiger charge is 2.12. The summed E-state index contributed by atoms with van der Waals surface area (Å²) in [4.78, 5) is 16.6. The van der Waals surface area contributed by atoms with Crippen molar-refractivity contribution in [1.29, 1.82) is 0 Å². The number of nitrogens with zero attached hydrogens (tertiary/aromatic N) is 5. The summed E-state index contributed by atoms with van der Waals surface area (Å²) in [6.45, 7) is 3.83. The van der Waals surface area contributed by atoms with E-state index in [1.54, 1.807) is 29.1 Å². The van der Waals surface area contributed by atoms with Gasteiger partial charge < -0.3 is 4.74 Å². The van der Waals surface area contributed by atoms with Gasteiger partial charge in [-0.25, -0.2) is 8.91 Å². The lowest BCUT2D eigenvalue weighted by Gasteiger charge is -2.05. The predicted molar refractivity (Wildman–Crippen MR) is 105 cm³/mol. The van der Waals surface area contributed by atoms with E-state index in [0.717, 1.165) is 17.0 Å². The maximum Gasteiger partial charge on any atom is 0.249 e. The minimum Gasteiger partial charge on any atom is -0.497 e. The molecule has 0 saturated heterocycles. The maximum absolute atomic E-state index is 13.8. The van der Waals surface area contributed by atoms with Gasteiger partial charge in [-0.1, -0.05) is 0 Å². The molecule has 29 heavy (non-hydrogen) atoms. The van der Waals surface area contributed by atoms with Crippen molar-refractivity contribution in [1.82, 2.24) is 24.4 Å². The molecule has 0 aliphatic heterocycles. The summed E-state index contributed by atoms with van der Waals surface area (Å²) in [5.41, 5.74) is 3.69. The van der Waals surface area contributed by atoms with Gasteiger partial charge in [0.15, 0.2) is 5.65 Å². The number of methoxy groups -OCH3 is 1. The van der Waals surface area contributed by atoms with Gasteiger partial charge in [-0.05, 0) is 49.7 Å². The van der Waals surface area contributed by atoms with E-state index in [0.29, 0.717) is 17.0 Å². The molecule has 0 fully saturated rings. The fraction of sp³-hybridized carbons (Fsp3) is 0.200. The molecule has 0 atom stereocenters. The highest BCUT2D eigenvalue weighted by Crippen LogP contribution is 2.26. The molecule has 9 heteroatoms. The minimum atomic E-state index is -0.393. The Balaban J connectivity index is 1.56. The monoisotopic (exact) mass is 394 g/mol. The quantitative estimate of drug-likeness (QED) is 0.562. The van der Waals surface area contributed by atoms with Crippen molar-refractivity contribution in [3.63, 3.8) is 0 Å². The van der Waals surface area contributed by atoms with Crippen LogP contribution in [0.2, 0.25) is 0 Å². The highest BCUT2D eigenvalue weighted by molar-refractivity contribution is 5.89. The van der Waals surface area contributed by atoms with Gasteiger partial charge in [0.1, 0.15) is 18.1 Å². The Labute approximate surface area is 165 Å². The fourth-order valence-corrected chi connectivity index (χ4v) is 3.09. The Morgan fingerprint density at radius 2 is 1.97 bits per heavy atom. The van der Waals surface area contributed by atoms with Gasteiger partial charge in [-0.15, -0.1) is 5.10 Å². The van der Waals surface area contributed by atoms with Crippen molar-refractivity contribution in [2.24, 2.45) is 0 Å². The van der Waals surface area contributed by atoms with Crippen molar-refractivity contribution in [2.45, 2.75) is 20.4 Å². The van der Waals surface area contributed by atoms with Crippen molar-refractivity contribution in [2.75, 3.05) is 12.4 Å². The first-order valence-corrected chi connectivity index (χ1v) is 8.93. The van der Waals surface area contributed by atoms with E-state index in [4.69, 9.17) is 4.74 Å². The van der Waals surface area contributed by atoms with E-state index >= 15 is 0 Å². The van der Waals surface area contributed by atoms with E-state index in [1.165, 1.54) is 23.8 Å². The number of aromatic nitrogens is 5. The van der Waals surface area contributed by atoms with Gasteiger partial charge >= 0.3 is 0 Å². The fourth-order valence-electron chi connectivity index (χ4n) is 3.09. The third-order valence-corrected chi connectivity index (χ3v) is 4.42. The molecule has 0 unspecified atom stereocenters. The molecule has 1 N–H and O–H groups in total. The summed E-state index contributed by atoms with van der Waals surface area (Å²) >= 11 is 0. The lowest BCUT2D eigenvalue weighted by atomic mass is 10.1. The zero-order valence-corrected chi connectivity index (χ0v) is 16.2. The number of hydrogen-bond donors (Lipinski definition) is 1. The van der Waals surface area contributed by atoms with Gasteiger partial charge in [0.25, 0.3) is 0 Å². The molecular formula is C20H19FN6O2. The number of fused-ring (bicyclic) bond motifs is 1. The largest absolute Gasteiger partial charge is 0.497 e. The van der Waals surface area contributed by atoms with Crippen molar-refractivity contribution in [3.8, 4) is 16.9 Å². The number of carbonyl (C=O) groups is 1. The second-order valence-electron chi connectivity index (χ2n) is 6.67. The molecular weight excluding hydrogens is 375 g/mol. The van der Waals surface area contributed by atoms with Crippen molar-refractivity contribution < 1.29 is 13.9 Å². The Kier molecular flexibility index (Phi) is 4.71. The lowest BCUT2D eigenvalue weighted by Crippen LogP contribution is -2.21. The van der Waals surface area contributed by atoms with Crippen LogP contribution in [-0.2, 0) is 11.3 Å². The second-order valence-corrected chi connectivity index (χ2v) is 6.67. The first kappa shape index (κ1) is 18.6. The average molecular weight is 394 g/mol. The molecule has 4 aromatic rings. The van der Waals surface area contributed by atoms with Crippen LogP contribution in [-0.4, -0.2) is 37.4 Å². The smallest absolute Gasteiger partial charge is 0.249 e. The van der Waals surface area contributed by atoms with E-state index in [1.807, 2.05) is 19.9 Å². The van der Waals surface area contributed by atoms with Crippen LogP contribution >= 0.6 is 0 Å². The normalized spacial score (nSPS) is 11.0. The van der Waals surface area contributed by atoms with Gasteiger partial charge in [0, 0.05) is 23.5 Å². The number of halogens is 1.